The topological polar surface area (TPSA) is 47.4 Å². The molecular weight excluding hydrogens is 442 g/mol. The SMILES string of the molecule is Cc1nc(N2CCC3(CCOC3)CC2)c(C(F)(F)F)c(=O)n1-c1cccc(Cl)c1Cl. The summed E-state index contributed by atoms with van der Waals surface area (Å²) in [5.41, 5.74) is -2.41. The van der Waals surface area contributed by atoms with E-state index in [0.29, 0.717) is 39.1 Å². The number of halogens is 5. The number of benzene rings is 1. The molecule has 4 rings (SSSR count). The molecule has 1 aromatic carbocycles. The molecule has 0 bridgehead atoms. The van der Waals surface area contributed by atoms with Gasteiger partial charge in [0, 0.05) is 19.7 Å². The fourth-order valence-electron chi connectivity index (χ4n) is 4.28. The third kappa shape index (κ3) is 3.69. The molecule has 3 heterocycles. The Morgan fingerprint density at radius 2 is 1.87 bits per heavy atom. The van der Waals surface area contributed by atoms with Crippen molar-refractivity contribution in [3.05, 3.63) is 50.0 Å². The average molecular weight is 462 g/mol. The van der Waals surface area contributed by atoms with Crippen molar-refractivity contribution in [2.45, 2.75) is 32.4 Å². The molecule has 2 fully saturated rings. The lowest BCUT2D eigenvalue weighted by atomic mass is 9.78. The summed E-state index contributed by atoms with van der Waals surface area (Å²) in [6, 6.07) is 4.45. The molecule has 1 spiro atoms. The van der Waals surface area contributed by atoms with Gasteiger partial charge in [0.2, 0.25) is 0 Å². The lowest BCUT2D eigenvalue weighted by Crippen LogP contribution is -2.43. The van der Waals surface area contributed by atoms with Crippen LogP contribution in [-0.4, -0.2) is 35.9 Å². The largest absolute Gasteiger partial charge is 0.425 e. The third-order valence-electron chi connectivity index (χ3n) is 6.00. The molecule has 0 radical (unpaired) electrons. The van der Waals surface area contributed by atoms with Gasteiger partial charge in [-0.05, 0) is 43.7 Å². The number of aromatic nitrogens is 2. The lowest BCUT2D eigenvalue weighted by Gasteiger charge is -2.39. The second-order valence-corrected chi connectivity index (χ2v) is 8.64. The molecule has 2 aliphatic rings. The van der Waals surface area contributed by atoms with Crippen LogP contribution in [0.4, 0.5) is 19.0 Å². The number of aryl methyl sites for hydroxylation is 1. The van der Waals surface area contributed by atoms with Gasteiger partial charge in [0.25, 0.3) is 5.56 Å². The maximum absolute atomic E-state index is 14.0. The fraction of sp³-hybridized carbons (Fsp3) is 0.500. The molecule has 162 valence electrons. The van der Waals surface area contributed by atoms with Gasteiger partial charge in [-0.15, -0.1) is 0 Å². The highest BCUT2D eigenvalue weighted by atomic mass is 35.5. The van der Waals surface area contributed by atoms with Crippen molar-refractivity contribution in [3.8, 4) is 5.69 Å². The molecule has 2 aliphatic heterocycles. The first-order valence-corrected chi connectivity index (χ1v) is 10.4. The van der Waals surface area contributed by atoms with Crippen LogP contribution in [0.3, 0.4) is 0 Å². The van der Waals surface area contributed by atoms with Crippen LogP contribution in [0.5, 0.6) is 0 Å². The van der Waals surface area contributed by atoms with Crippen molar-refractivity contribution in [2.75, 3.05) is 31.2 Å². The number of rotatable bonds is 2. The second-order valence-electron chi connectivity index (χ2n) is 7.86. The number of anilines is 1. The van der Waals surface area contributed by atoms with Gasteiger partial charge in [0.15, 0.2) is 5.56 Å². The molecule has 0 unspecified atom stereocenters. The Labute approximate surface area is 181 Å². The van der Waals surface area contributed by atoms with E-state index in [1.807, 2.05) is 0 Å². The summed E-state index contributed by atoms with van der Waals surface area (Å²) in [4.78, 5) is 18.9. The molecule has 0 atom stereocenters. The van der Waals surface area contributed by atoms with Gasteiger partial charge >= 0.3 is 6.18 Å². The zero-order valence-electron chi connectivity index (χ0n) is 16.2. The summed E-state index contributed by atoms with van der Waals surface area (Å²) >= 11 is 12.2. The van der Waals surface area contributed by atoms with Gasteiger partial charge in [-0.25, -0.2) is 4.98 Å². The van der Waals surface area contributed by atoms with Crippen LogP contribution < -0.4 is 10.5 Å². The maximum Gasteiger partial charge on any atom is 0.425 e. The van der Waals surface area contributed by atoms with E-state index in [0.717, 1.165) is 11.0 Å². The summed E-state index contributed by atoms with van der Waals surface area (Å²) in [6.45, 7) is 3.58. The van der Waals surface area contributed by atoms with E-state index in [1.54, 1.807) is 4.90 Å². The highest BCUT2D eigenvalue weighted by Gasteiger charge is 2.44. The molecule has 1 aromatic heterocycles. The maximum atomic E-state index is 14.0. The molecule has 2 saturated heterocycles. The summed E-state index contributed by atoms with van der Waals surface area (Å²) in [5.74, 6) is -0.218. The molecular formula is C20H20Cl2F3N3O2. The first kappa shape index (κ1) is 21.5. The monoisotopic (exact) mass is 461 g/mol. The Morgan fingerprint density at radius 1 is 1.17 bits per heavy atom. The summed E-state index contributed by atoms with van der Waals surface area (Å²) < 4.78 is 48.4. The number of hydrogen-bond acceptors (Lipinski definition) is 4. The number of ether oxygens (including phenoxy) is 1. The Bertz CT molecular complexity index is 1020. The molecule has 0 amide bonds. The summed E-state index contributed by atoms with van der Waals surface area (Å²) in [6.07, 6.45) is -2.55. The van der Waals surface area contributed by atoms with Crippen LogP contribution in [0.25, 0.3) is 5.69 Å². The van der Waals surface area contributed by atoms with Crippen LogP contribution in [0, 0.1) is 12.3 Å². The van der Waals surface area contributed by atoms with E-state index < -0.39 is 17.3 Å². The van der Waals surface area contributed by atoms with Gasteiger partial charge in [-0.3, -0.25) is 9.36 Å². The third-order valence-corrected chi connectivity index (χ3v) is 6.81. The molecule has 0 N–H and O–H groups in total. The van der Waals surface area contributed by atoms with Crippen LogP contribution in [0.15, 0.2) is 23.0 Å². The lowest BCUT2D eigenvalue weighted by molar-refractivity contribution is -0.138. The van der Waals surface area contributed by atoms with E-state index in [4.69, 9.17) is 27.9 Å². The minimum Gasteiger partial charge on any atom is -0.381 e. The first-order chi connectivity index (χ1) is 14.1. The number of hydrogen-bond donors (Lipinski definition) is 0. The standard InChI is InChI=1S/C20H20Cl2F3N3O2/c1-12-26-17(27-8-5-19(6-9-27)7-10-30-11-19)15(20(23,24)25)18(29)28(12)14-4-2-3-13(21)16(14)22/h2-4H,5-11H2,1H3. The predicted molar refractivity (Wildman–Crippen MR) is 109 cm³/mol. The molecule has 30 heavy (non-hydrogen) atoms. The minimum absolute atomic E-state index is 0.00631. The normalized spacial score (nSPS) is 18.9. The van der Waals surface area contributed by atoms with Crippen LogP contribution >= 0.6 is 23.2 Å². The Hall–Kier alpha value is -1.77. The highest BCUT2D eigenvalue weighted by Crippen LogP contribution is 2.42. The molecule has 5 nitrogen and oxygen atoms in total. The van der Waals surface area contributed by atoms with E-state index in [-0.39, 0.29) is 32.8 Å². The average Bonchev–Trinajstić information content (AvgIpc) is 3.12. The summed E-state index contributed by atoms with van der Waals surface area (Å²) in [7, 11) is 0. The van der Waals surface area contributed by atoms with E-state index in [2.05, 4.69) is 4.98 Å². The van der Waals surface area contributed by atoms with Crippen molar-refractivity contribution < 1.29 is 17.9 Å². The second kappa shape index (κ2) is 7.73. The van der Waals surface area contributed by atoms with E-state index >= 15 is 0 Å². The number of alkyl halides is 3. The highest BCUT2D eigenvalue weighted by molar-refractivity contribution is 6.43. The Morgan fingerprint density at radius 3 is 2.47 bits per heavy atom. The smallest absolute Gasteiger partial charge is 0.381 e. The van der Waals surface area contributed by atoms with Gasteiger partial charge < -0.3 is 9.64 Å². The Balaban J connectivity index is 1.81. The van der Waals surface area contributed by atoms with Crippen molar-refractivity contribution in [1.82, 2.24) is 9.55 Å². The van der Waals surface area contributed by atoms with Crippen LogP contribution in [0.1, 0.15) is 30.7 Å². The quantitative estimate of drug-likeness (QED) is 0.639. The van der Waals surface area contributed by atoms with Gasteiger partial charge in [-0.1, -0.05) is 29.3 Å². The predicted octanol–water partition coefficient (Wildman–Crippen LogP) is 4.87. The molecule has 0 aliphatic carbocycles. The molecule has 10 heteroatoms. The van der Waals surface area contributed by atoms with E-state index in [1.165, 1.54) is 25.1 Å². The van der Waals surface area contributed by atoms with E-state index in [9.17, 15) is 18.0 Å². The zero-order chi connectivity index (χ0) is 21.7. The van der Waals surface area contributed by atoms with Crippen molar-refractivity contribution >= 4 is 29.0 Å². The van der Waals surface area contributed by atoms with Crippen LogP contribution in [-0.2, 0) is 10.9 Å². The van der Waals surface area contributed by atoms with Crippen molar-refractivity contribution in [2.24, 2.45) is 5.41 Å². The van der Waals surface area contributed by atoms with Crippen molar-refractivity contribution in [1.29, 1.82) is 0 Å². The Kier molecular flexibility index (Phi) is 5.53. The van der Waals surface area contributed by atoms with Gasteiger partial charge in [-0.2, -0.15) is 13.2 Å². The number of nitrogens with zero attached hydrogens (tertiary/aromatic N) is 3. The zero-order valence-corrected chi connectivity index (χ0v) is 17.7. The molecule has 2 aromatic rings. The minimum atomic E-state index is -4.87. The number of piperidine rings is 1. The molecule has 0 saturated carbocycles. The van der Waals surface area contributed by atoms with Gasteiger partial charge in [0.1, 0.15) is 11.6 Å². The summed E-state index contributed by atoms with van der Waals surface area (Å²) in [5, 5.41) is 0.131. The van der Waals surface area contributed by atoms with Gasteiger partial charge in [0.05, 0.1) is 22.3 Å². The first-order valence-electron chi connectivity index (χ1n) is 9.61. The van der Waals surface area contributed by atoms with Crippen molar-refractivity contribution in [3.63, 3.8) is 0 Å². The fourth-order valence-corrected chi connectivity index (χ4v) is 4.66. The van der Waals surface area contributed by atoms with Crippen LogP contribution in [0.2, 0.25) is 10.0 Å².